The minimum absolute atomic E-state index is 0.0853. The molecule has 0 saturated heterocycles. The Morgan fingerprint density at radius 2 is 1.67 bits per heavy atom. The largest absolute Gasteiger partial charge is 0.377 e. The van der Waals surface area contributed by atoms with Crippen LogP contribution in [0.3, 0.4) is 0 Å². The maximum Gasteiger partial charge on any atom is 0.0707 e. The summed E-state index contributed by atoms with van der Waals surface area (Å²) in [7, 11) is 0. The van der Waals surface area contributed by atoms with Crippen LogP contribution in [-0.2, 0) is 9.47 Å². The second kappa shape index (κ2) is 7.17. The van der Waals surface area contributed by atoms with Gasteiger partial charge in [0.25, 0.3) is 0 Å². The Kier molecular flexibility index (Phi) is 7.09. The lowest BCUT2D eigenvalue weighted by Gasteiger charge is -2.27. The Morgan fingerprint density at radius 1 is 1.07 bits per heavy atom. The van der Waals surface area contributed by atoms with E-state index in [2.05, 4.69) is 0 Å². The van der Waals surface area contributed by atoms with Gasteiger partial charge in [-0.1, -0.05) is 0 Å². The second-order valence-corrected chi connectivity index (χ2v) is 4.84. The molecule has 0 aromatic carbocycles. The summed E-state index contributed by atoms with van der Waals surface area (Å²) >= 11 is 0. The zero-order chi connectivity index (χ0) is 11.9. The van der Waals surface area contributed by atoms with Gasteiger partial charge in [0.2, 0.25) is 0 Å². The summed E-state index contributed by atoms with van der Waals surface area (Å²) in [5.41, 5.74) is 11.1. The fraction of sp³-hybridized carbons (Fsp3) is 1.00. The van der Waals surface area contributed by atoms with Crippen LogP contribution < -0.4 is 11.5 Å². The smallest absolute Gasteiger partial charge is 0.0707 e. The van der Waals surface area contributed by atoms with Crippen molar-refractivity contribution in [2.24, 2.45) is 11.5 Å². The first kappa shape index (κ1) is 14.8. The molecule has 0 aliphatic carbocycles. The van der Waals surface area contributed by atoms with Crippen LogP contribution in [0.5, 0.6) is 0 Å². The maximum atomic E-state index is 5.72. The third-order valence-electron chi connectivity index (χ3n) is 1.91. The van der Waals surface area contributed by atoms with Crippen molar-refractivity contribution in [2.45, 2.75) is 51.8 Å². The summed E-state index contributed by atoms with van der Waals surface area (Å²) in [6.45, 7) is 9.75. The van der Waals surface area contributed by atoms with Crippen molar-refractivity contribution >= 4 is 0 Å². The average molecular weight is 218 g/mol. The molecule has 0 amide bonds. The van der Waals surface area contributed by atoms with Gasteiger partial charge in [0.15, 0.2) is 0 Å². The molecule has 0 aromatic rings. The molecule has 4 N–H and O–H groups in total. The van der Waals surface area contributed by atoms with Gasteiger partial charge in [-0.2, -0.15) is 0 Å². The van der Waals surface area contributed by atoms with Crippen LogP contribution in [0.25, 0.3) is 0 Å². The predicted molar refractivity (Wildman–Crippen MR) is 62.8 cm³/mol. The SMILES string of the molecule is CC(N)COCCOC(C)(C)CC(C)N. The molecule has 0 aliphatic rings. The summed E-state index contributed by atoms with van der Waals surface area (Å²) in [4.78, 5) is 0. The van der Waals surface area contributed by atoms with Crippen LogP contribution in [0.4, 0.5) is 0 Å². The van der Waals surface area contributed by atoms with Crippen LogP contribution in [-0.4, -0.2) is 37.5 Å². The molecule has 0 aromatic heterocycles. The van der Waals surface area contributed by atoms with Crippen LogP contribution in [0.15, 0.2) is 0 Å². The summed E-state index contributed by atoms with van der Waals surface area (Å²) in [5.74, 6) is 0. The van der Waals surface area contributed by atoms with Crippen LogP contribution in [0.1, 0.15) is 34.1 Å². The lowest BCUT2D eigenvalue weighted by Crippen LogP contribution is -2.34. The monoisotopic (exact) mass is 218 g/mol. The molecule has 2 atom stereocenters. The van der Waals surface area contributed by atoms with Gasteiger partial charge in [0.1, 0.15) is 0 Å². The van der Waals surface area contributed by atoms with E-state index in [1.807, 2.05) is 27.7 Å². The van der Waals surface area contributed by atoms with Gasteiger partial charge >= 0.3 is 0 Å². The molecule has 0 heterocycles. The molecule has 0 bridgehead atoms. The summed E-state index contributed by atoms with van der Waals surface area (Å²) in [6.07, 6.45) is 0.848. The maximum absolute atomic E-state index is 5.72. The zero-order valence-electron chi connectivity index (χ0n) is 10.5. The van der Waals surface area contributed by atoms with Crippen molar-refractivity contribution in [3.63, 3.8) is 0 Å². The first-order valence-electron chi connectivity index (χ1n) is 5.56. The standard InChI is InChI=1S/C11H26N2O2/c1-9(12)7-11(3,4)15-6-5-14-8-10(2)13/h9-10H,5-8,12-13H2,1-4H3. The van der Waals surface area contributed by atoms with E-state index in [-0.39, 0.29) is 17.7 Å². The van der Waals surface area contributed by atoms with Crippen molar-refractivity contribution in [3.05, 3.63) is 0 Å². The highest BCUT2D eigenvalue weighted by molar-refractivity contribution is 4.73. The molecular formula is C11H26N2O2. The van der Waals surface area contributed by atoms with E-state index in [0.717, 1.165) is 6.42 Å². The lowest BCUT2D eigenvalue weighted by molar-refractivity contribution is -0.0532. The molecule has 0 saturated carbocycles. The number of nitrogens with two attached hydrogens (primary N) is 2. The predicted octanol–water partition coefficient (Wildman–Crippen LogP) is 0.883. The van der Waals surface area contributed by atoms with Crippen molar-refractivity contribution in [1.82, 2.24) is 0 Å². The molecule has 0 fully saturated rings. The molecule has 0 spiro atoms. The summed E-state index contributed by atoms with van der Waals surface area (Å²) in [6, 6.07) is 0.243. The van der Waals surface area contributed by atoms with Crippen molar-refractivity contribution in [1.29, 1.82) is 0 Å². The van der Waals surface area contributed by atoms with E-state index in [9.17, 15) is 0 Å². The third-order valence-corrected chi connectivity index (χ3v) is 1.91. The van der Waals surface area contributed by atoms with Crippen molar-refractivity contribution in [3.8, 4) is 0 Å². The second-order valence-electron chi connectivity index (χ2n) is 4.84. The lowest BCUT2D eigenvalue weighted by atomic mass is 10.0. The fourth-order valence-corrected chi connectivity index (χ4v) is 1.48. The van der Waals surface area contributed by atoms with Gasteiger partial charge in [-0.3, -0.25) is 0 Å². The minimum Gasteiger partial charge on any atom is -0.377 e. The quantitative estimate of drug-likeness (QED) is 0.593. The van der Waals surface area contributed by atoms with E-state index in [0.29, 0.717) is 19.8 Å². The highest BCUT2D eigenvalue weighted by Crippen LogP contribution is 2.15. The van der Waals surface area contributed by atoms with Crippen LogP contribution in [0.2, 0.25) is 0 Å². The number of rotatable bonds is 8. The highest BCUT2D eigenvalue weighted by Gasteiger charge is 2.19. The topological polar surface area (TPSA) is 70.5 Å². The molecule has 4 nitrogen and oxygen atoms in total. The van der Waals surface area contributed by atoms with Gasteiger partial charge in [0, 0.05) is 12.1 Å². The highest BCUT2D eigenvalue weighted by atomic mass is 16.5. The Labute approximate surface area is 93.3 Å². The Hall–Kier alpha value is -0.160. The molecule has 4 heteroatoms. The summed E-state index contributed by atoms with van der Waals surface area (Å²) in [5, 5.41) is 0. The molecule has 92 valence electrons. The Balaban J connectivity index is 3.48. The first-order chi connectivity index (χ1) is 6.83. The fourth-order valence-electron chi connectivity index (χ4n) is 1.48. The summed E-state index contributed by atoms with van der Waals surface area (Å²) < 4.78 is 11.0. The Morgan fingerprint density at radius 3 is 2.13 bits per heavy atom. The number of hydrogen-bond acceptors (Lipinski definition) is 4. The molecule has 15 heavy (non-hydrogen) atoms. The van der Waals surface area contributed by atoms with E-state index in [1.54, 1.807) is 0 Å². The first-order valence-corrected chi connectivity index (χ1v) is 5.56. The van der Waals surface area contributed by atoms with Gasteiger partial charge in [0.05, 0.1) is 25.4 Å². The third kappa shape index (κ3) is 10.1. The molecule has 2 unspecified atom stereocenters. The number of ether oxygens (including phenoxy) is 2. The average Bonchev–Trinajstić information content (AvgIpc) is 1.99. The minimum atomic E-state index is -0.175. The van der Waals surface area contributed by atoms with Crippen LogP contribution >= 0.6 is 0 Å². The normalized spacial score (nSPS) is 16.4. The Bertz CT molecular complexity index is 159. The van der Waals surface area contributed by atoms with Gasteiger partial charge in [-0.05, 0) is 34.1 Å². The van der Waals surface area contributed by atoms with Crippen molar-refractivity contribution in [2.75, 3.05) is 19.8 Å². The van der Waals surface area contributed by atoms with Gasteiger partial charge in [-0.25, -0.2) is 0 Å². The van der Waals surface area contributed by atoms with Gasteiger partial charge < -0.3 is 20.9 Å². The van der Waals surface area contributed by atoms with E-state index in [1.165, 1.54) is 0 Å². The zero-order valence-corrected chi connectivity index (χ0v) is 10.5. The molecule has 0 rings (SSSR count). The molecule has 0 radical (unpaired) electrons. The van der Waals surface area contributed by atoms with E-state index < -0.39 is 0 Å². The van der Waals surface area contributed by atoms with Gasteiger partial charge in [-0.15, -0.1) is 0 Å². The van der Waals surface area contributed by atoms with Crippen LogP contribution in [0, 0.1) is 0 Å². The number of hydrogen-bond donors (Lipinski definition) is 2. The molecular weight excluding hydrogens is 192 g/mol. The van der Waals surface area contributed by atoms with E-state index in [4.69, 9.17) is 20.9 Å². The van der Waals surface area contributed by atoms with Crippen molar-refractivity contribution < 1.29 is 9.47 Å². The molecule has 0 aliphatic heterocycles. The van der Waals surface area contributed by atoms with E-state index >= 15 is 0 Å².